The summed E-state index contributed by atoms with van der Waals surface area (Å²) in [5.41, 5.74) is 4.90. The number of hydrogen-bond acceptors (Lipinski definition) is 6. The molecule has 0 saturated carbocycles. The second-order valence-electron chi connectivity index (χ2n) is 8.59. The Kier molecular flexibility index (Phi) is 10.2. The summed E-state index contributed by atoms with van der Waals surface area (Å²) in [7, 11) is 0. The zero-order valence-electron chi connectivity index (χ0n) is 21.7. The van der Waals surface area contributed by atoms with Gasteiger partial charge in [-0.3, -0.25) is 4.79 Å². The molecule has 202 valence electrons. The van der Waals surface area contributed by atoms with E-state index < -0.39 is 18.0 Å². The van der Waals surface area contributed by atoms with Crippen molar-refractivity contribution in [3.05, 3.63) is 130 Å². The average Bonchev–Trinajstić information content (AvgIpc) is 2.98. The number of ether oxygens (including phenoxy) is 3. The lowest BCUT2D eigenvalue weighted by atomic mass is 10.2. The van der Waals surface area contributed by atoms with Crippen molar-refractivity contribution >= 4 is 40.1 Å². The van der Waals surface area contributed by atoms with Crippen LogP contribution in [0.15, 0.2) is 119 Å². The Morgan fingerprint density at radius 2 is 1.57 bits per heavy atom. The number of nitrogens with one attached hydrogen (secondary N) is 1. The number of rotatable bonds is 11. The van der Waals surface area contributed by atoms with Crippen molar-refractivity contribution < 1.29 is 23.8 Å². The fourth-order valence-electron chi connectivity index (χ4n) is 3.45. The van der Waals surface area contributed by atoms with Gasteiger partial charge in [0.1, 0.15) is 23.9 Å². The molecule has 0 aliphatic heterocycles. The van der Waals surface area contributed by atoms with Crippen LogP contribution < -0.4 is 19.6 Å². The molecule has 0 bridgehead atoms. The standard InChI is InChI=1S/C32H27BrN2O5/c1-23(39-29-16-14-28(15-17-29)38-22-25-10-6-3-7-11-25)32(37)35-34-21-26-20-27(33)13-18-30(26)40-31(36)19-12-24-8-4-2-5-9-24/h2-21,23H,22H2,1H3,(H,35,37). The van der Waals surface area contributed by atoms with Crippen LogP contribution in [-0.2, 0) is 16.2 Å². The van der Waals surface area contributed by atoms with Gasteiger partial charge < -0.3 is 14.2 Å². The summed E-state index contributed by atoms with van der Waals surface area (Å²) in [6.07, 6.45) is 3.61. The van der Waals surface area contributed by atoms with E-state index >= 15 is 0 Å². The van der Waals surface area contributed by atoms with E-state index in [1.807, 2.05) is 60.7 Å². The fourth-order valence-corrected chi connectivity index (χ4v) is 3.83. The van der Waals surface area contributed by atoms with Gasteiger partial charge in [-0.15, -0.1) is 0 Å². The van der Waals surface area contributed by atoms with Gasteiger partial charge in [-0.25, -0.2) is 10.2 Å². The lowest BCUT2D eigenvalue weighted by Gasteiger charge is -2.13. The van der Waals surface area contributed by atoms with Crippen molar-refractivity contribution in [2.45, 2.75) is 19.6 Å². The molecule has 40 heavy (non-hydrogen) atoms. The number of halogens is 1. The molecule has 0 radical (unpaired) electrons. The van der Waals surface area contributed by atoms with Crippen molar-refractivity contribution in [1.82, 2.24) is 5.43 Å². The van der Waals surface area contributed by atoms with Gasteiger partial charge in [0.15, 0.2) is 6.10 Å². The summed E-state index contributed by atoms with van der Waals surface area (Å²) in [5.74, 6) is 0.522. The summed E-state index contributed by atoms with van der Waals surface area (Å²) >= 11 is 3.40. The molecule has 0 aromatic heterocycles. The molecular formula is C32H27BrN2O5. The smallest absolute Gasteiger partial charge is 0.336 e. The third-order valence-corrected chi connectivity index (χ3v) is 6.02. The number of hydrazone groups is 1. The summed E-state index contributed by atoms with van der Waals surface area (Å²) < 4.78 is 17.7. The Hall–Kier alpha value is -4.69. The number of benzene rings is 4. The van der Waals surface area contributed by atoms with E-state index in [4.69, 9.17) is 14.2 Å². The van der Waals surface area contributed by atoms with Crippen molar-refractivity contribution in [2.24, 2.45) is 5.10 Å². The van der Waals surface area contributed by atoms with Gasteiger partial charge in [-0.1, -0.05) is 76.6 Å². The van der Waals surface area contributed by atoms with Gasteiger partial charge in [0.05, 0.1) is 6.21 Å². The summed E-state index contributed by atoms with van der Waals surface area (Å²) in [6, 6.07) is 31.4. The molecule has 0 aliphatic rings. The zero-order valence-corrected chi connectivity index (χ0v) is 23.3. The summed E-state index contributed by atoms with van der Waals surface area (Å²) in [4.78, 5) is 24.9. The topological polar surface area (TPSA) is 86.2 Å². The number of esters is 1. The van der Waals surface area contributed by atoms with Crippen molar-refractivity contribution in [3.8, 4) is 17.2 Å². The molecule has 7 nitrogen and oxygen atoms in total. The zero-order chi connectivity index (χ0) is 28.2. The number of amides is 1. The van der Waals surface area contributed by atoms with E-state index in [1.54, 1.807) is 55.5 Å². The predicted molar refractivity (Wildman–Crippen MR) is 158 cm³/mol. The lowest BCUT2D eigenvalue weighted by Crippen LogP contribution is -2.33. The minimum atomic E-state index is -0.809. The number of nitrogens with zero attached hydrogens (tertiary/aromatic N) is 1. The highest BCUT2D eigenvalue weighted by Crippen LogP contribution is 2.23. The largest absolute Gasteiger partial charge is 0.489 e. The maximum atomic E-state index is 12.5. The lowest BCUT2D eigenvalue weighted by molar-refractivity contribution is -0.129. The van der Waals surface area contributed by atoms with Crippen LogP contribution in [0.4, 0.5) is 0 Å². The Balaban J connectivity index is 1.29. The van der Waals surface area contributed by atoms with Gasteiger partial charge in [0.2, 0.25) is 0 Å². The molecule has 0 fully saturated rings. The van der Waals surface area contributed by atoms with E-state index in [0.717, 1.165) is 15.6 Å². The Morgan fingerprint density at radius 3 is 2.30 bits per heavy atom. The van der Waals surface area contributed by atoms with E-state index in [-0.39, 0.29) is 0 Å². The van der Waals surface area contributed by atoms with Gasteiger partial charge >= 0.3 is 5.97 Å². The molecule has 0 saturated heterocycles. The minimum absolute atomic E-state index is 0.294. The first kappa shape index (κ1) is 28.3. The van der Waals surface area contributed by atoms with Crippen LogP contribution in [0.25, 0.3) is 6.08 Å². The Morgan fingerprint density at radius 1 is 0.900 bits per heavy atom. The van der Waals surface area contributed by atoms with Gasteiger partial charge in [0, 0.05) is 16.1 Å². The second kappa shape index (κ2) is 14.5. The van der Waals surface area contributed by atoms with Crippen LogP contribution in [-0.4, -0.2) is 24.2 Å². The highest BCUT2D eigenvalue weighted by atomic mass is 79.9. The molecule has 0 spiro atoms. The molecule has 4 rings (SSSR count). The van der Waals surface area contributed by atoms with Gasteiger partial charge in [-0.05, 0) is 66.6 Å². The van der Waals surface area contributed by atoms with Crippen LogP contribution in [0.2, 0.25) is 0 Å². The van der Waals surface area contributed by atoms with E-state index in [1.165, 1.54) is 12.3 Å². The van der Waals surface area contributed by atoms with Crippen LogP contribution in [0, 0.1) is 0 Å². The maximum Gasteiger partial charge on any atom is 0.336 e. The van der Waals surface area contributed by atoms with Crippen LogP contribution in [0.1, 0.15) is 23.6 Å². The normalized spacial score (nSPS) is 11.8. The Labute approximate surface area is 241 Å². The van der Waals surface area contributed by atoms with Crippen LogP contribution in [0.3, 0.4) is 0 Å². The molecular weight excluding hydrogens is 572 g/mol. The van der Waals surface area contributed by atoms with E-state index in [2.05, 4.69) is 26.5 Å². The minimum Gasteiger partial charge on any atom is -0.489 e. The summed E-state index contributed by atoms with van der Waals surface area (Å²) in [5, 5.41) is 4.02. The maximum absolute atomic E-state index is 12.5. The van der Waals surface area contributed by atoms with Crippen LogP contribution in [0.5, 0.6) is 17.2 Å². The molecule has 4 aromatic rings. The molecule has 4 aromatic carbocycles. The van der Waals surface area contributed by atoms with Crippen molar-refractivity contribution in [1.29, 1.82) is 0 Å². The van der Waals surface area contributed by atoms with Gasteiger partial charge in [0.25, 0.3) is 5.91 Å². The van der Waals surface area contributed by atoms with Crippen molar-refractivity contribution in [2.75, 3.05) is 0 Å². The molecule has 1 unspecified atom stereocenters. The van der Waals surface area contributed by atoms with Gasteiger partial charge in [-0.2, -0.15) is 5.10 Å². The predicted octanol–water partition coefficient (Wildman–Crippen LogP) is 6.56. The highest BCUT2D eigenvalue weighted by molar-refractivity contribution is 9.10. The van der Waals surface area contributed by atoms with E-state index in [0.29, 0.717) is 29.4 Å². The summed E-state index contributed by atoms with van der Waals surface area (Å²) in [6.45, 7) is 2.08. The molecule has 1 amide bonds. The first-order chi connectivity index (χ1) is 19.5. The molecule has 1 atom stereocenters. The number of carbonyl (C=O) groups is 2. The Bertz CT molecular complexity index is 1470. The molecule has 1 N–H and O–H groups in total. The fraction of sp³-hybridized carbons (Fsp3) is 0.0938. The second-order valence-corrected chi connectivity index (χ2v) is 9.50. The highest BCUT2D eigenvalue weighted by Gasteiger charge is 2.14. The first-order valence-corrected chi connectivity index (χ1v) is 13.3. The number of carbonyl (C=O) groups excluding carboxylic acids is 2. The first-order valence-electron chi connectivity index (χ1n) is 12.5. The van der Waals surface area contributed by atoms with Crippen molar-refractivity contribution in [3.63, 3.8) is 0 Å². The average molecular weight is 599 g/mol. The monoisotopic (exact) mass is 598 g/mol. The molecule has 8 heteroatoms. The number of hydrogen-bond donors (Lipinski definition) is 1. The van der Waals surface area contributed by atoms with E-state index in [9.17, 15) is 9.59 Å². The third-order valence-electron chi connectivity index (χ3n) is 5.53. The molecule has 0 heterocycles. The SMILES string of the molecule is CC(Oc1ccc(OCc2ccccc2)cc1)C(=O)NN=Cc1cc(Br)ccc1OC(=O)C=Cc1ccccc1. The van der Waals surface area contributed by atoms with Crippen LogP contribution >= 0.6 is 15.9 Å². The third kappa shape index (κ3) is 8.96. The quantitative estimate of drug-likeness (QED) is 0.0694. The molecule has 0 aliphatic carbocycles.